The van der Waals surface area contributed by atoms with Crippen LogP contribution in [0.15, 0.2) is 0 Å². The number of hydrogen-bond donors (Lipinski definition) is 0. The van der Waals surface area contributed by atoms with Crippen molar-refractivity contribution < 1.29 is 14.3 Å². The van der Waals surface area contributed by atoms with Gasteiger partial charge in [0.25, 0.3) is 0 Å². The van der Waals surface area contributed by atoms with Crippen molar-refractivity contribution in [3.8, 4) is 0 Å². The molecule has 4 heteroatoms. The molecule has 4 nitrogen and oxygen atoms in total. The Hall–Kier alpha value is -0.610. The van der Waals surface area contributed by atoms with Crippen LogP contribution in [0.25, 0.3) is 0 Å². The lowest BCUT2D eigenvalue weighted by Crippen LogP contribution is -2.34. The fourth-order valence-corrected chi connectivity index (χ4v) is 2.54. The molecule has 2 saturated heterocycles. The monoisotopic (exact) mass is 241 g/mol. The van der Waals surface area contributed by atoms with E-state index in [0.29, 0.717) is 12.5 Å². The number of rotatable bonds is 5. The molecule has 0 aromatic rings. The zero-order valence-corrected chi connectivity index (χ0v) is 10.7. The predicted molar refractivity (Wildman–Crippen MR) is 64.8 cm³/mol. The van der Waals surface area contributed by atoms with E-state index in [-0.39, 0.29) is 12.0 Å². The Morgan fingerprint density at radius 3 is 2.41 bits per heavy atom. The molecule has 2 aliphatic heterocycles. The molecule has 1 amide bonds. The molecular formula is C13H23NO3. The van der Waals surface area contributed by atoms with Crippen LogP contribution in [0.4, 0.5) is 0 Å². The Morgan fingerprint density at radius 2 is 1.82 bits per heavy atom. The molecule has 0 saturated carbocycles. The second-order valence-corrected chi connectivity index (χ2v) is 5.08. The van der Waals surface area contributed by atoms with Crippen molar-refractivity contribution in [2.24, 2.45) is 0 Å². The molecule has 0 bridgehead atoms. The SMILES string of the molecule is CN(CC1CCCO1)C(=O)CCC1CCCO1. The maximum Gasteiger partial charge on any atom is 0.222 e. The average molecular weight is 241 g/mol. The van der Waals surface area contributed by atoms with Crippen molar-refractivity contribution in [2.45, 2.75) is 50.7 Å². The lowest BCUT2D eigenvalue weighted by molar-refractivity contribution is -0.131. The van der Waals surface area contributed by atoms with Gasteiger partial charge in [-0.05, 0) is 32.1 Å². The van der Waals surface area contributed by atoms with Gasteiger partial charge >= 0.3 is 0 Å². The fourth-order valence-electron chi connectivity index (χ4n) is 2.54. The Morgan fingerprint density at radius 1 is 1.18 bits per heavy atom. The van der Waals surface area contributed by atoms with Crippen molar-refractivity contribution in [2.75, 3.05) is 26.8 Å². The maximum absolute atomic E-state index is 11.9. The molecule has 0 aliphatic carbocycles. The van der Waals surface area contributed by atoms with Gasteiger partial charge in [-0.15, -0.1) is 0 Å². The smallest absolute Gasteiger partial charge is 0.222 e. The molecule has 2 aliphatic rings. The van der Waals surface area contributed by atoms with Gasteiger partial charge in [0.2, 0.25) is 5.91 Å². The molecule has 2 rings (SSSR count). The molecule has 2 heterocycles. The van der Waals surface area contributed by atoms with Crippen LogP contribution < -0.4 is 0 Å². The summed E-state index contributed by atoms with van der Waals surface area (Å²) >= 11 is 0. The lowest BCUT2D eigenvalue weighted by atomic mass is 10.1. The Balaban J connectivity index is 1.63. The summed E-state index contributed by atoms with van der Waals surface area (Å²) in [6.07, 6.45) is 6.52. The standard InChI is InChI=1S/C13H23NO3/c1-14(10-12-5-3-9-17-12)13(15)7-6-11-4-2-8-16-11/h11-12H,2-10H2,1H3. The van der Waals surface area contributed by atoms with Gasteiger partial charge in [0.1, 0.15) is 0 Å². The number of nitrogens with zero attached hydrogens (tertiary/aromatic N) is 1. The van der Waals surface area contributed by atoms with Gasteiger partial charge in [-0.25, -0.2) is 0 Å². The molecular weight excluding hydrogens is 218 g/mol. The van der Waals surface area contributed by atoms with E-state index in [0.717, 1.165) is 51.9 Å². The number of ether oxygens (including phenoxy) is 2. The molecule has 17 heavy (non-hydrogen) atoms. The van der Waals surface area contributed by atoms with E-state index in [4.69, 9.17) is 9.47 Å². The summed E-state index contributed by atoms with van der Waals surface area (Å²) in [5, 5.41) is 0. The van der Waals surface area contributed by atoms with Crippen LogP contribution in [0.5, 0.6) is 0 Å². The van der Waals surface area contributed by atoms with E-state index in [2.05, 4.69) is 0 Å². The second kappa shape index (κ2) is 6.36. The molecule has 2 fully saturated rings. The number of hydrogen-bond acceptors (Lipinski definition) is 3. The normalized spacial score (nSPS) is 28.5. The first-order valence-corrected chi connectivity index (χ1v) is 6.73. The minimum Gasteiger partial charge on any atom is -0.378 e. The predicted octanol–water partition coefficient (Wildman–Crippen LogP) is 1.58. The largest absolute Gasteiger partial charge is 0.378 e. The third-order valence-corrected chi connectivity index (χ3v) is 3.63. The first-order valence-electron chi connectivity index (χ1n) is 6.73. The first kappa shape index (κ1) is 12.8. The molecule has 0 radical (unpaired) electrons. The third kappa shape index (κ3) is 3.96. The van der Waals surface area contributed by atoms with E-state index in [1.165, 1.54) is 0 Å². The molecule has 98 valence electrons. The molecule has 0 spiro atoms. The zero-order valence-electron chi connectivity index (χ0n) is 10.7. The molecule has 0 N–H and O–H groups in total. The van der Waals surface area contributed by atoms with E-state index >= 15 is 0 Å². The van der Waals surface area contributed by atoms with Crippen LogP contribution in [0.3, 0.4) is 0 Å². The summed E-state index contributed by atoms with van der Waals surface area (Å²) in [5.41, 5.74) is 0. The molecule has 0 aromatic carbocycles. The van der Waals surface area contributed by atoms with Crippen molar-refractivity contribution >= 4 is 5.91 Å². The number of carbonyl (C=O) groups excluding carboxylic acids is 1. The maximum atomic E-state index is 11.9. The highest BCUT2D eigenvalue weighted by Gasteiger charge is 2.21. The Bertz CT molecular complexity index is 245. The molecule has 2 atom stereocenters. The van der Waals surface area contributed by atoms with E-state index in [1.54, 1.807) is 0 Å². The van der Waals surface area contributed by atoms with Gasteiger partial charge in [-0.2, -0.15) is 0 Å². The third-order valence-electron chi connectivity index (χ3n) is 3.63. The highest BCUT2D eigenvalue weighted by molar-refractivity contribution is 5.75. The van der Waals surface area contributed by atoms with Gasteiger partial charge in [0.05, 0.1) is 12.2 Å². The van der Waals surface area contributed by atoms with Gasteiger partial charge < -0.3 is 14.4 Å². The number of likely N-dealkylation sites (N-methyl/N-ethyl adjacent to an activating group) is 1. The summed E-state index contributed by atoms with van der Waals surface area (Å²) < 4.78 is 11.1. The zero-order chi connectivity index (χ0) is 12.1. The van der Waals surface area contributed by atoms with Crippen LogP contribution in [0.1, 0.15) is 38.5 Å². The van der Waals surface area contributed by atoms with Crippen molar-refractivity contribution in [3.05, 3.63) is 0 Å². The van der Waals surface area contributed by atoms with E-state index in [1.807, 2.05) is 11.9 Å². The lowest BCUT2D eigenvalue weighted by Gasteiger charge is -2.21. The minimum absolute atomic E-state index is 0.219. The quantitative estimate of drug-likeness (QED) is 0.733. The molecule has 0 aromatic heterocycles. The Kier molecular flexibility index (Phi) is 4.80. The van der Waals surface area contributed by atoms with Gasteiger partial charge in [0.15, 0.2) is 0 Å². The van der Waals surface area contributed by atoms with Gasteiger partial charge in [-0.1, -0.05) is 0 Å². The Labute approximate surface area is 103 Å². The number of carbonyl (C=O) groups is 1. The van der Waals surface area contributed by atoms with Crippen molar-refractivity contribution in [3.63, 3.8) is 0 Å². The van der Waals surface area contributed by atoms with Crippen LogP contribution in [-0.4, -0.2) is 49.8 Å². The minimum atomic E-state index is 0.219. The highest BCUT2D eigenvalue weighted by Crippen LogP contribution is 2.18. The van der Waals surface area contributed by atoms with Crippen LogP contribution in [-0.2, 0) is 14.3 Å². The van der Waals surface area contributed by atoms with Gasteiger partial charge in [-0.3, -0.25) is 4.79 Å². The summed E-state index contributed by atoms with van der Waals surface area (Å²) in [6, 6.07) is 0. The topological polar surface area (TPSA) is 38.8 Å². The van der Waals surface area contributed by atoms with E-state index in [9.17, 15) is 4.79 Å². The second-order valence-electron chi connectivity index (χ2n) is 5.08. The van der Waals surface area contributed by atoms with Crippen molar-refractivity contribution in [1.29, 1.82) is 0 Å². The van der Waals surface area contributed by atoms with Crippen LogP contribution >= 0.6 is 0 Å². The summed E-state index contributed by atoms with van der Waals surface area (Å²) in [5.74, 6) is 0.219. The summed E-state index contributed by atoms with van der Waals surface area (Å²) in [4.78, 5) is 13.7. The molecule has 2 unspecified atom stereocenters. The van der Waals surface area contributed by atoms with E-state index < -0.39 is 0 Å². The fraction of sp³-hybridized carbons (Fsp3) is 0.923. The highest BCUT2D eigenvalue weighted by atomic mass is 16.5. The van der Waals surface area contributed by atoms with Gasteiger partial charge in [0, 0.05) is 33.2 Å². The average Bonchev–Trinajstić information content (AvgIpc) is 2.98. The number of amides is 1. The van der Waals surface area contributed by atoms with Crippen LogP contribution in [0, 0.1) is 0 Å². The first-order chi connectivity index (χ1) is 8.25. The summed E-state index contributed by atoms with van der Waals surface area (Å²) in [7, 11) is 1.87. The van der Waals surface area contributed by atoms with Crippen LogP contribution in [0.2, 0.25) is 0 Å². The van der Waals surface area contributed by atoms with Crippen molar-refractivity contribution in [1.82, 2.24) is 4.90 Å². The summed E-state index contributed by atoms with van der Waals surface area (Å²) in [6.45, 7) is 2.46.